The topological polar surface area (TPSA) is 56.4 Å². The number of piperidine rings is 1. The monoisotopic (exact) mass is 351 g/mol. The fourth-order valence-electron chi connectivity index (χ4n) is 4.45. The molecule has 1 N–H and O–H groups in total. The number of H-pyrrole nitrogens is 1. The second-order valence-electron chi connectivity index (χ2n) is 7.31. The van der Waals surface area contributed by atoms with Crippen LogP contribution < -0.4 is 0 Å². The zero-order valence-electron chi connectivity index (χ0n) is 15.0. The smallest absolute Gasteiger partial charge is 0.271 e. The number of benzene rings is 1. The third-order valence-electron chi connectivity index (χ3n) is 5.78. The van der Waals surface area contributed by atoms with Crippen molar-refractivity contribution in [2.24, 2.45) is 0 Å². The average molecular weight is 351 g/mol. The summed E-state index contributed by atoms with van der Waals surface area (Å²) in [4.78, 5) is 33.1. The lowest BCUT2D eigenvalue weighted by Crippen LogP contribution is -2.61. The molecular weight excluding hydrogens is 326 g/mol. The first-order valence-corrected chi connectivity index (χ1v) is 9.49. The minimum Gasteiger partial charge on any atom is -0.357 e. The van der Waals surface area contributed by atoms with E-state index >= 15 is 0 Å². The number of rotatable bonds is 4. The van der Waals surface area contributed by atoms with Gasteiger partial charge in [0.05, 0.1) is 0 Å². The molecule has 1 spiro atoms. The summed E-state index contributed by atoms with van der Waals surface area (Å²) in [6, 6.07) is 13.9. The maximum atomic E-state index is 13.4. The molecule has 5 heteroatoms. The molecule has 2 fully saturated rings. The van der Waals surface area contributed by atoms with Gasteiger partial charge in [-0.2, -0.15) is 0 Å². The summed E-state index contributed by atoms with van der Waals surface area (Å²) in [5, 5.41) is 0. The molecule has 1 unspecified atom stereocenters. The molecular formula is C21H25N3O2. The van der Waals surface area contributed by atoms with Crippen LogP contribution in [0.25, 0.3) is 0 Å². The maximum absolute atomic E-state index is 13.4. The molecule has 0 aliphatic carbocycles. The molecule has 2 aliphatic heterocycles. The van der Waals surface area contributed by atoms with Gasteiger partial charge in [-0.15, -0.1) is 0 Å². The van der Waals surface area contributed by atoms with E-state index in [1.165, 1.54) is 5.56 Å². The second kappa shape index (κ2) is 6.98. The third-order valence-corrected chi connectivity index (χ3v) is 5.78. The SMILES string of the molecule is O=C(c1ccc[nH]1)N1CCCC12CCCN(CCc1ccccc1)C2=O. The number of aromatic nitrogens is 1. The molecule has 136 valence electrons. The molecule has 2 aliphatic rings. The molecule has 1 aromatic heterocycles. The molecule has 5 nitrogen and oxygen atoms in total. The van der Waals surface area contributed by atoms with Gasteiger partial charge in [-0.1, -0.05) is 30.3 Å². The van der Waals surface area contributed by atoms with E-state index in [9.17, 15) is 9.59 Å². The Morgan fingerprint density at radius 2 is 1.81 bits per heavy atom. The van der Waals surface area contributed by atoms with Crippen molar-refractivity contribution in [1.29, 1.82) is 0 Å². The highest BCUT2D eigenvalue weighted by atomic mass is 16.2. The zero-order chi connectivity index (χ0) is 18.0. The first-order valence-electron chi connectivity index (χ1n) is 9.49. The standard InChI is InChI=1S/C21H25N3O2/c25-19(18-9-4-13-22-18)24-15-6-12-21(24)11-5-14-23(20(21)26)16-10-17-7-2-1-3-8-17/h1-4,7-9,13,22H,5-6,10-12,14-16H2. The number of carbonyl (C=O) groups is 2. The summed E-state index contributed by atoms with van der Waals surface area (Å²) in [7, 11) is 0. The van der Waals surface area contributed by atoms with E-state index in [1.54, 1.807) is 12.3 Å². The van der Waals surface area contributed by atoms with Crippen molar-refractivity contribution < 1.29 is 9.59 Å². The van der Waals surface area contributed by atoms with E-state index in [0.717, 1.165) is 45.2 Å². The molecule has 2 aromatic rings. The van der Waals surface area contributed by atoms with Gasteiger partial charge in [0.15, 0.2) is 0 Å². The number of carbonyl (C=O) groups excluding carboxylic acids is 2. The Balaban J connectivity index is 1.51. The van der Waals surface area contributed by atoms with Gasteiger partial charge in [0.2, 0.25) is 5.91 Å². The minimum absolute atomic E-state index is 0.0502. The van der Waals surface area contributed by atoms with Crippen LogP contribution in [0.5, 0.6) is 0 Å². The van der Waals surface area contributed by atoms with Gasteiger partial charge in [0.1, 0.15) is 11.2 Å². The van der Waals surface area contributed by atoms with Gasteiger partial charge in [0.25, 0.3) is 5.91 Å². The predicted molar refractivity (Wildman–Crippen MR) is 99.8 cm³/mol. The zero-order valence-corrected chi connectivity index (χ0v) is 15.0. The largest absolute Gasteiger partial charge is 0.357 e. The van der Waals surface area contributed by atoms with Gasteiger partial charge < -0.3 is 14.8 Å². The fraction of sp³-hybridized carbons (Fsp3) is 0.429. The van der Waals surface area contributed by atoms with E-state index in [1.807, 2.05) is 34.1 Å². The number of nitrogens with zero attached hydrogens (tertiary/aromatic N) is 2. The molecule has 2 saturated heterocycles. The summed E-state index contributed by atoms with van der Waals surface area (Å²) in [6.45, 7) is 2.17. The Morgan fingerprint density at radius 3 is 2.54 bits per heavy atom. The highest BCUT2D eigenvalue weighted by Gasteiger charge is 2.52. The van der Waals surface area contributed by atoms with Crippen LogP contribution in [-0.4, -0.2) is 51.8 Å². The van der Waals surface area contributed by atoms with Crippen molar-refractivity contribution in [3.8, 4) is 0 Å². The third kappa shape index (κ3) is 2.91. The predicted octanol–water partition coefficient (Wildman–Crippen LogP) is 2.85. The molecule has 3 heterocycles. The summed E-state index contributed by atoms with van der Waals surface area (Å²) >= 11 is 0. The van der Waals surface area contributed by atoms with Crippen LogP contribution in [0.1, 0.15) is 41.7 Å². The fourth-order valence-corrected chi connectivity index (χ4v) is 4.45. The van der Waals surface area contributed by atoms with Crippen molar-refractivity contribution in [1.82, 2.24) is 14.8 Å². The number of hydrogen-bond donors (Lipinski definition) is 1. The van der Waals surface area contributed by atoms with Gasteiger partial charge >= 0.3 is 0 Å². The summed E-state index contributed by atoms with van der Waals surface area (Å²) in [5.41, 5.74) is 1.17. The van der Waals surface area contributed by atoms with Gasteiger partial charge in [0, 0.05) is 25.8 Å². The molecule has 26 heavy (non-hydrogen) atoms. The lowest BCUT2D eigenvalue weighted by molar-refractivity contribution is -0.145. The van der Waals surface area contributed by atoms with E-state index in [4.69, 9.17) is 0 Å². The van der Waals surface area contributed by atoms with Crippen molar-refractivity contribution in [3.05, 3.63) is 59.9 Å². The second-order valence-corrected chi connectivity index (χ2v) is 7.31. The van der Waals surface area contributed by atoms with Gasteiger partial charge in [-0.3, -0.25) is 9.59 Å². The molecule has 1 atom stereocenters. The van der Waals surface area contributed by atoms with E-state index in [-0.39, 0.29) is 11.8 Å². The summed E-state index contributed by atoms with van der Waals surface area (Å²) < 4.78 is 0. The molecule has 0 radical (unpaired) electrons. The van der Waals surface area contributed by atoms with Gasteiger partial charge in [-0.05, 0) is 49.8 Å². The maximum Gasteiger partial charge on any atom is 0.271 e. The first kappa shape index (κ1) is 16.9. The Morgan fingerprint density at radius 1 is 1.04 bits per heavy atom. The van der Waals surface area contributed by atoms with Crippen LogP contribution in [0.4, 0.5) is 0 Å². The molecule has 0 saturated carbocycles. The van der Waals surface area contributed by atoms with Crippen LogP contribution in [0.3, 0.4) is 0 Å². The van der Waals surface area contributed by atoms with E-state index < -0.39 is 5.54 Å². The normalized spacial score (nSPS) is 23.0. The molecule has 1 aromatic carbocycles. The quantitative estimate of drug-likeness (QED) is 0.921. The summed E-state index contributed by atoms with van der Waals surface area (Å²) in [5.74, 6) is 0.0860. The Kier molecular flexibility index (Phi) is 4.53. The lowest BCUT2D eigenvalue weighted by atomic mass is 9.85. The number of nitrogens with one attached hydrogen (secondary N) is 1. The molecule has 4 rings (SSSR count). The first-order chi connectivity index (χ1) is 12.7. The minimum atomic E-state index is -0.642. The summed E-state index contributed by atoms with van der Waals surface area (Å²) in [6.07, 6.45) is 6.01. The van der Waals surface area contributed by atoms with Gasteiger partial charge in [-0.25, -0.2) is 0 Å². The lowest BCUT2D eigenvalue weighted by Gasteiger charge is -2.44. The van der Waals surface area contributed by atoms with Crippen molar-refractivity contribution in [2.75, 3.05) is 19.6 Å². The van der Waals surface area contributed by atoms with Crippen LogP contribution in [0.15, 0.2) is 48.7 Å². The van der Waals surface area contributed by atoms with Crippen molar-refractivity contribution in [2.45, 2.75) is 37.6 Å². The average Bonchev–Trinajstić information content (AvgIpc) is 3.34. The van der Waals surface area contributed by atoms with Crippen LogP contribution >= 0.6 is 0 Å². The molecule has 2 amide bonds. The van der Waals surface area contributed by atoms with Crippen molar-refractivity contribution in [3.63, 3.8) is 0 Å². The number of aromatic amines is 1. The Bertz CT molecular complexity index is 772. The number of hydrogen-bond acceptors (Lipinski definition) is 2. The highest BCUT2D eigenvalue weighted by molar-refractivity contribution is 5.99. The number of likely N-dealkylation sites (tertiary alicyclic amines) is 2. The van der Waals surface area contributed by atoms with Crippen LogP contribution in [-0.2, 0) is 11.2 Å². The van der Waals surface area contributed by atoms with Crippen LogP contribution in [0.2, 0.25) is 0 Å². The Labute approximate surface area is 154 Å². The Hall–Kier alpha value is -2.56. The number of amides is 2. The van der Waals surface area contributed by atoms with Crippen LogP contribution in [0, 0.1) is 0 Å². The van der Waals surface area contributed by atoms with Crippen molar-refractivity contribution >= 4 is 11.8 Å². The molecule has 0 bridgehead atoms. The van der Waals surface area contributed by atoms with E-state index in [0.29, 0.717) is 12.2 Å². The van der Waals surface area contributed by atoms with E-state index in [2.05, 4.69) is 17.1 Å². The highest BCUT2D eigenvalue weighted by Crippen LogP contribution is 2.39.